The molecule has 134 valence electrons. The van der Waals surface area contributed by atoms with Crippen molar-refractivity contribution in [2.75, 3.05) is 34.4 Å². The fraction of sp³-hybridized carbons (Fsp3) is 0.611. The van der Waals surface area contributed by atoms with Crippen LogP contribution in [-0.4, -0.2) is 51.3 Å². The Hall–Kier alpha value is -1.95. The molecule has 6 nitrogen and oxygen atoms in total. The molecular weight excluding hydrogens is 308 g/mol. The summed E-state index contributed by atoms with van der Waals surface area (Å²) in [6, 6.07) is 3.85. The minimum absolute atomic E-state index is 0.118. The predicted octanol–water partition coefficient (Wildman–Crippen LogP) is 1.84. The maximum Gasteiger partial charge on any atom is 0.226 e. The average molecular weight is 336 g/mol. The standard InChI is InChI=1S/C18H28N2O4/c1-12(19)14-5-7-20(8-6-14)17(21)11-13-9-15(22-2)18(24-4)16(10-13)23-3/h9-10,12,14H,5-8,11,19H2,1-4H3. The Morgan fingerprint density at radius 2 is 1.71 bits per heavy atom. The number of nitrogens with zero attached hydrogens (tertiary/aromatic N) is 1. The van der Waals surface area contributed by atoms with Crippen molar-refractivity contribution in [1.82, 2.24) is 4.90 Å². The zero-order valence-electron chi connectivity index (χ0n) is 15.0. The minimum Gasteiger partial charge on any atom is -0.493 e. The van der Waals surface area contributed by atoms with E-state index in [2.05, 4.69) is 0 Å². The van der Waals surface area contributed by atoms with Gasteiger partial charge in [0, 0.05) is 19.1 Å². The van der Waals surface area contributed by atoms with Crippen LogP contribution in [0.5, 0.6) is 17.2 Å². The van der Waals surface area contributed by atoms with Gasteiger partial charge < -0.3 is 24.8 Å². The van der Waals surface area contributed by atoms with Crippen LogP contribution in [-0.2, 0) is 11.2 Å². The number of hydrogen-bond acceptors (Lipinski definition) is 5. The second-order valence-electron chi connectivity index (χ2n) is 6.29. The zero-order valence-corrected chi connectivity index (χ0v) is 15.0. The SMILES string of the molecule is COc1cc(CC(=O)N2CCC(C(C)N)CC2)cc(OC)c1OC. The smallest absolute Gasteiger partial charge is 0.226 e. The van der Waals surface area contributed by atoms with Crippen molar-refractivity contribution in [2.45, 2.75) is 32.2 Å². The molecule has 2 N–H and O–H groups in total. The number of piperidine rings is 1. The fourth-order valence-electron chi connectivity index (χ4n) is 3.20. The molecule has 0 radical (unpaired) electrons. The third kappa shape index (κ3) is 4.12. The number of carbonyl (C=O) groups excluding carboxylic acids is 1. The topological polar surface area (TPSA) is 74.0 Å². The molecule has 1 atom stereocenters. The Bertz CT molecular complexity index is 541. The number of rotatable bonds is 6. The molecular formula is C18H28N2O4. The summed E-state index contributed by atoms with van der Waals surface area (Å²) in [6.45, 7) is 3.59. The summed E-state index contributed by atoms with van der Waals surface area (Å²) in [7, 11) is 4.71. The Kier molecular flexibility index (Phi) is 6.31. The molecule has 1 amide bonds. The summed E-state index contributed by atoms with van der Waals surface area (Å²) in [5.74, 6) is 2.29. The van der Waals surface area contributed by atoms with Gasteiger partial charge in [-0.1, -0.05) is 0 Å². The molecule has 1 heterocycles. The summed E-state index contributed by atoms with van der Waals surface area (Å²) in [4.78, 5) is 14.5. The van der Waals surface area contributed by atoms with E-state index in [1.807, 2.05) is 24.0 Å². The second-order valence-corrected chi connectivity index (χ2v) is 6.29. The highest BCUT2D eigenvalue weighted by Gasteiger charge is 2.25. The van der Waals surface area contributed by atoms with Crippen LogP contribution in [0.3, 0.4) is 0 Å². The van der Waals surface area contributed by atoms with E-state index in [4.69, 9.17) is 19.9 Å². The molecule has 1 aliphatic heterocycles. The highest BCUT2D eigenvalue weighted by atomic mass is 16.5. The molecule has 1 unspecified atom stereocenters. The minimum atomic E-state index is 0.118. The van der Waals surface area contributed by atoms with Crippen LogP contribution < -0.4 is 19.9 Å². The van der Waals surface area contributed by atoms with Gasteiger partial charge in [-0.3, -0.25) is 4.79 Å². The predicted molar refractivity (Wildman–Crippen MR) is 92.8 cm³/mol. The first-order valence-corrected chi connectivity index (χ1v) is 8.32. The van der Waals surface area contributed by atoms with Crippen LogP contribution in [0.4, 0.5) is 0 Å². The number of benzene rings is 1. The number of nitrogens with two attached hydrogens (primary N) is 1. The van der Waals surface area contributed by atoms with Crippen molar-refractivity contribution in [3.8, 4) is 17.2 Å². The van der Waals surface area contributed by atoms with Gasteiger partial charge in [0.1, 0.15) is 0 Å². The molecule has 24 heavy (non-hydrogen) atoms. The van der Waals surface area contributed by atoms with E-state index in [-0.39, 0.29) is 11.9 Å². The monoisotopic (exact) mass is 336 g/mol. The molecule has 0 bridgehead atoms. The van der Waals surface area contributed by atoms with Crippen LogP contribution in [0.2, 0.25) is 0 Å². The number of methoxy groups -OCH3 is 3. The molecule has 6 heteroatoms. The van der Waals surface area contributed by atoms with E-state index in [0.29, 0.717) is 29.6 Å². The summed E-state index contributed by atoms with van der Waals surface area (Å²) < 4.78 is 16.0. The first kappa shape index (κ1) is 18.4. The van der Waals surface area contributed by atoms with Crippen molar-refractivity contribution in [3.05, 3.63) is 17.7 Å². The second kappa shape index (κ2) is 8.24. The number of amides is 1. The molecule has 1 aromatic rings. The van der Waals surface area contributed by atoms with Crippen molar-refractivity contribution in [1.29, 1.82) is 0 Å². The third-order valence-corrected chi connectivity index (χ3v) is 4.72. The lowest BCUT2D eigenvalue weighted by Gasteiger charge is -2.33. The van der Waals surface area contributed by atoms with Gasteiger partial charge in [-0.2, -0.15) is 0 Å². The van der Waals surface area contributed by atoms with Gasteiger partial charge in [0.25, 0.3) is 0 Å². The van der Waals surface area contributed by atoms with E-state index >= 15 is 0 Å². The van der Waals surface area contributed by atoms with Gasteiger partial charge in [-0.05, 0) is 43.4 Å². The number of carbonyl (C=O) groups is 1. The van der Waals surface area contributed by atoms with Crippen LogP contribution >= 0.6 is 0 Å². The lowest BCUT2D eigenvalue weighted by atomic mass is 9.91. The van der Waals surface area contributed by atoms with Crippen LogP contribution in [0.15, 0.2) is 12.1 Å². The zero-order chi connectivity index (χ0) is 17.7. The van der Waals surface area contributed by atoms with E-state index in [1.165, 1.54) is 0 Å². The molecule has 0 saturated carbocycles. The lowest BCUT2D eigenvalue weighted by molar-refractivity contribution is -0.131. The van der Waals surface area contributed by atoms with Crippen molar-refractivity contribution in [2.24, 2.45) is 11.7 Å². The van der Waals surface area contributed by atoms with Crippen LogP contribution in [0.25, 0.3) is 0 Å². The Balaban J connectivity index is 2.07. The molecule has 0 aliphatic carbocycles. The van der Waals surface area contributed by atoms with Crippen LogP contribution in [0, 0.1) is 5.92 Å². The highest BCUT2D eigenvalue weighted by molar-refractivity contribution is 5.79. The first-order chi connectivity index (χ1) is 11.5. The van der Waals surface area contributed by atoms with Crippen molar-refractivity contribution in [3.63, 3.8) is 0 Å². The third-order valence-electron chi connectivity index (χ3n) is 4.72. The van der Waals surface area contributed by atoms with E-state index in [0.717, 1.165) is 31.5 Å². The molecule has 2 rings (SSSR count). The molecule has 1 aromatic carbocycles. The molecule has 1 fully saturated rings. The van der Waals surface area contributed by atoms with Crippen molar-refractivity contribution >= 4 is 5.91 Å². The summed E-state index contributed by atoms with van der Waals surface area (Å²) in [5, 5.41) is 0. The summed E-state index contributed by atoms with van der Waals surface area (Å²) >= 11 is 0. The van der Waals surface area contributed by atoms with E-state index < -0.39 is 0 Å². The molecule has 1 aliphatic rings. The average Bonchev–Trinajstić information content (AvgIpc) is 2.60. The molecule has 0 aromatic heterocycles. The maximum absolute atomic E-state index is 12.6. The summed E-state index contributed by atoms with van der Waals surface area (Å²) in [6.07, 6.45) is 2.26. The lowest BCUT2D eigenvalue weighted by Crippen LogP contribution is -2.43. The Morgan fingerprint density at radius 3 is 2.12 bits per heavy atom. The maximum atomic E-state index is 12.6. The van der Waals surface area contributed by atoms with Crippen molar-refractivity contribution < 1.29 is 19.0 Å². The van der Waals surface area contributed by atoms with Crippen LogP contribution in [0.1, 0.15) is 25.3 Å². The number of ether oxygens (including phenoxy) is 3. The largest absolute Gasteiger partial charge is 0.493 e. The van der Waals surface area contributed by atoms with E-state index in [1.54, 1.807) is 21.3 Å². The number of hydrogen-bond donors (Lipinski definition) is 1. The van der Waals surface area contributed by atoms with E-state index in [9.17, 15) is 4.79 Å². The quantitative estimate of drug-likeness (QED) is 0.858. The molecule has 1 saturated heterocycles. The highest BCUT2D eigenvalue weighted by Crippen LogP contribution is 2.38. The summed E-state index contributed by atoms with van der Waals surface area (Å²) in [5.41, 5.74) is 6.81. The van der Waals surface area contributed by atoms with Gasteiger partial charge in [-0.15, -0.1) is 0 Å². The molecule has 0 spiro atoms. The van der Waals surface area contributed by atoms with Gasteiger partial charge in [0.05, 0.1) is 27.8 Å². The van der Waals surface area contributed by atoms with Gasteiger partial charge >= 0.3 is 0 Å². The Labute approximate surface area is 143 Å². The van der Waals surface area contributed by atoms with Gasteiger partial charge in [0.2, 0.25) is 11.7 Å². The Morgan fingerprint density at radius 1 is 1.17 bits per heavy atom. The van der Waals surface area contributed by atoms with Gasteiger partial charge in [0.15, 0.2) is 11.5 Å². The number of likely N-dealkylation sites (tertiary alicyclic amines) is 1. The first-order valence-electron chi connectivity index (χ1n) is 8.32. The van der Waals surface area contributed by atoms with Gasteiger partial charge in [-0.25, -0.2) is 0 Å². The fourth-order valence-corrected chi connectivity index (χ4v) is 3.20. The normalized spacial score (nSPS) is 16.6.